The zero-order valence-electron chi connectivity index (χ0n) is 13.6. The molecule has 0 spiro atoms. The molecule has 0 aliphatic carbocycles. The van der Waals surface area contributed by atoms with Crippen LogP contribution in [0.5, 0.6) is 0 Å². The molecule has 1 heterocycles. The van der Waals surface area contributed by atoms with E-state index in [2.05, 4.69) is 15.2 Å². The zero-order chi connectivity index (χ0) is 17.6. The Bertz CT molecular complexity index is 837. The Hall–Kier alpha value is -2.31. The highest BCUT2D eigenvalue weighted by molar-refractivity contribution is 7.98. The Kier molecular flexibility index (Phi) is 5.73. The van der Waals surface area contributed by atoms with Crippen LogP contribution < -0.4 is 0 Å². The van der Waals surface area contributed by atoms with Crippen molar-refractivity contribution in [2.24, 2.45) is 0 Å². The first kappa shape index (κ1) is 17.5. The Morgan fingerprint density at radius 2 is 2.00 bits per heavy atom. The van der Waals surface area contributed by atoms with E-state index in [9.17, 15) is 4.79 Å². The van der Waals surface area contributed by atoms with Gasteiger partial charge in [-0.2, -0.15) is 5.10 Å². The second-order valence-corrected chi connectivity index (χ2v) is 6.97. The van der Waals surface area contributed by atoms with Gasteiger partial charge in [0.05, 0.1) is 0 Å². The fourth-order valence-electron chi connectivity index (χ4n) is 2.36. The summed E-state index contributed by atoms with van der Waals surface area (Å²) in [7, 11) is 1.79. The molecule has 1 N–H and O–H groups in total. The number of nitrogens with zero attached hydrogens (tertiary/aromatic N) is 3. The SMILES string of the molecule is CN(Cc1cccc(Cl)c1)C(=O)c1ccc(CSc2ncn[nH]2)cc1. The van der Waals surface area contributed by atoms with Crippen LogP contribution in [0, 0.1) is 0 Å². The minimum atomic E-state index is -0.0191. The first-order valence-electron chi connectivity index (χ1n) is 7.69. The number of amides is 1. The van der Waals surface area contributed by atoms with E-state index in [1.165, 1.54) is 6.33 Å². The third kappa shape index (κ3) is 4.84. The van der Waals surface area contributed by atoms with E-state index < -0.39 is 0 Å². The summed E-state index contributed by atoms with van der Waals surface area (Å²) < 4.78 is 0. The van der Waals surface area contributed by atoms with Gasteiger partial charge in [0.15, 0.2) is 5.16 Å². The Balaban J connectivity index is 1.59. The van der Waals surface area contributed by atoms with E-state index in [4.69, 9.17) is 11.6 Å². The van der Waals surface area contributed by atoms with E-state index in [1.54, 1.807) is 23.7 Å². The van der Waals surface area contributed by atoms with Gasteiger partial charge in [0.25, 0.3) is 5.91 Å². The van der Waals surface area contributed by atoms with Crippen molar-refractivity contribution < 1.29 is 4.79 Å². The van der Waals surface area contributed by atoms with Crippen molar-refractivity contribution in [3.8, 4) is 0 Å². The summed E-state index contributed by atoms with van der Waals surface area (Å²) in [5.74, 6) is 0.747. The van der Waals surface area contributed by atoms with E-state index in [1.807, 2.05) is 48.5 Å². The second-order valence-electron chi connectivity index (χ2n) is 5.57. The number of benzene rings is 2. The number of hydrogen-bond donors (Lipinski definition) is 1. The van der Waals surface area contributed by atoms with Crippen LogP contribution in [-0.4, -0.2) is 33.0 Å². The van der Waals surface area contributed by atoms with Crippen LogP contribution in [0.15, 0.2) is 60.0 Å². The zero-order valence-corrected chi connectivity index (χ0v) is 15.2. The minimum absolute atomic E-state index is 0.0191. The van der Waals surface area contributed by atoms with Crippen molar-refractivity contribution in [3.05, 3.63) is 76.6 Å². The van der Waals surface area contributed by atoms with Gasteiger partial charge in [0.1, 0.15) is 6.33 Å². The molecule has 25 heavy (non-hydrogen) atoms. The highest BCUT2D eigenvalue weighted by atomic mass is 35.5. The summed E-state index contributed by atoms with van der Waals surface area (Å²) in [6.07, 6.45) is 1.49. The lowest BCUT2D eigenvalue weighted by molar-refractivity contribution is 0.0785. The third-order valence-corrected chi connectivity index (χ3v) is 4.81. The average molecular weight is 373 g/mol. The topological polar surface area (TPSA) is 61.9 Å². The quantitative estimate of drug-likeness (QED) is 0.664. The fraction of sp³-hybridized carbons (Fsp3) is 0.167. The number of H-pyrrole nitrogens is 1. The monoisotopic (exact) mass is 372 g/mol. The van der Waals surface area contributed by atoms with Crippen molar-refractivity contribution in [1.29, 1.82) is 0 Å². The average Bonchev–Trinajstić information content (AvgIpc) is 3.13. The van der Waals surface area contributed by atoms with Crippen LogP contribution in [-0.2, 0) is 12.3 Å². The number of halogens is 1. The van der Waals surface area contributed by atoms with Gasteiger partial charge in [0, 0.05) is 29.9 Å². The molecule has 1 aromatic heterocycles. The lowest BCUT2D eigenvalue weighted by Crippen LogP contribution is -2.26. The standard InChI is InChI=1S/C18H17ClN4OS/c1-23(10-14-3-2-4-16(19)9-14)17(24)15-7-5-13(6-8-15)11-25-18-20-12-21-22-18/h2-9,12H,10-11H2,1H3,(H,20,21,22). The molecule has 0 fully saturated rings. The van der Waals surface area contributed by atoms with E-state index >= 15 is 0 Å². The summed E-state index contributed by atoms with van der Waals surface area (Å²) in [5, 5.41) is 8.08. The fourth-order valence-corrected chi connectivity index (χ4v) is 3.31. The molecule has 0 atom stereocenters. The van der Waals surface area contributed by atoms with Gasteiger partial charge in [0.2, 0.25) is 0 Å². The molecule has 7 heteroatoms. The molecule has 0 aliphatic heterocycles. The van der Waals surface area contributed by atoms with E-state index in [0.29, 0.717) is 17.1 Å². The molecule has 128 valence electrons. The molecule has 2 aromatic carbocycles. The number of hydrogen-bond acceptors (Lipinski definition) is 4. The molecule has 0 saturated carbocycles. The van der Waals surface area contributed by atoms with Crippen molar-refractivity contribution >= 4 is 29.3 Å². The third-order valence-electron chi connectivity index (χ3n) is 3.62. The van der Waals surface area contributed by atoms with Crippen LogP contribution in [0.1, 0.15) is 21.5 Å². The molecule has 0 bridgehead atoms. The molecular formula is C18H17ClN4OS. The maximum Gasteiger partial charge on any atom is 0.253 e. The van der Waals surface area contributed by atoms with Gasteiger partial charge >= 0.3 is 0 Å². The largest absolute Gasteiger partial charge is 0.337 e. The van der Waals surface area contributed by atoms with Crippen LogP contribution in [0.25, 0.3) is 0 Å². The molecule has 0 unspecified atom stereocenters. The highest BCUT2D eigenvalue weighted by Gasteiger charge is 2.12. The van der Waals surface area contributed by atoms with E-state index in [0.717, 1.165) is 22.0 Å². The summed E-state index contributed by atoms with van der Waals surface area (Å²) >= 11 is 7.56. The van der Waals surface area contributed by atoms with Crippen LogP contribution in [0.4, 0.5) is 0 Å². The molecule has 0 saturated heterocycles. The number of rotatable bonds is 6. The molecule has 1 amide bonds. The minimum Gasteiger partial charge on any atom is -0.337 e. The summed E-state index contributed by atoms with van der Waals surface area (Å²) in [6, 6.07) is 15.2. The van der Waals surface area contributed by atoms with Crippen molar-refractivity contribution in [1.82, 2.24) is 20.1 Å². The van der Waals surface area contributed by atoms with Gasteiger partial charge in [-0.05, 0) is 35.4 Å². The van der Waals surface area contributed by atoms with Gasteiger partial charge in [-0.3, -0.25) is 9.89 Å². The number of aromatic amines is 1. The van der Waals surface area contributed by atoms with Crippen LogP contribution in [0.3, 0.4) is 0 Å². The number of carbonyl (C=O) groups excluding carboxylic acids is 1. The van der Waals surface area contributed by atoms with Gasteiger partial charge in [-0.25, -0.2) is 4.98 Å². The molecule has 3 aromatic rings. The summed E-state index contributed by atoms with van der Waals surface area (Å²) in [6.45, 7) is 0.516. The first-order valence-corrected chi connectivity index (χ1v) is 9.05. The van der Waals surface area contributed by atoms with Crippen molar-refractivity contribution in [2.75, 3.05) is 7.05 Å². The molecule has 0 radical (unpaired) electrons. The number of nitrogens with one attached hydrogen (secondary N) is 1. The number of aromatic nitrogens is 3. The lowest BCUT2D eigenvalue weighted by atomic mass is 10.1. The van der Waals surface area contributed by atoms with Crippen molar-refractivity contribution in [2.45, 2.75) is 17.5 Å². The van der Waals surface area contributed by atoms with Gasteiger partial charge in [-0.15, -0.1) is 0 Å². The normalized spacial score (nSPS) is 10.6. The first-order chi connectivity index (χ1) is 12.1. The Morgan fingerprint density at radius 3 is 2.68 bits per heavy atom. The smallest absolute Gasteiger partial charge is 0.253 e. The van der Waals surface area contributed by atoms with E-state index in [-0.39, 0.29) is 5.91 Å². The Labute approximate surface area is 155 Å². The predicted octanol–water partition coefficient (Wildman–Crippen LogP) is 4.02. The van der Waals surface area contributed by atoms with Crippen molar-refractivity contribution in [3.63, 3.8) is 0 Å². The summed E-state index contributed by atoms with van der Waals surface area (Å²) in [4.78, 5) is 18.3. The second kappa shape index (κ2) is 8.18. The van der Waals surface area contributed by atoms with Gasteiger partial charge in [-0.1, -0.05) is 47.6 Å². The molecular weight excluding hydrogens is 356 g/mol. The lowest BCUT2D eigenvalue weighted by Gasteiger charge is -2.17. The maximum absolute atomic E-state index is 12.6. The molecule has 3 rings (SSSR count). The van der Waals surface area contributed by atoms with Crippen LogP contribution >= 0.6 is 23.4 Å². The Morgan fingerprint density at radius 1 is 1.20 bits per heavy atom. The number of carbonyl (C=O) groups is 1. The molecule has 0 aliphatic rings. The maximum atomic E-state index is 12.6. The highest BCUT2D eigenvalue weighted by Crippen LogP contribution is 2.19. The van der Waals surface area contributed by atoms with Gasteiger partial charge < -0.3 is 4.90 Å². The van der Waals surface area contributed by atoms with Crippen LogP contribution in [0.2, 0.25) is 5.02 Å². The number of thioether (sulfide) groups is 1. The predicted molar refractivity (Wildman–Crippen MR) is 99.6 cm³/mol. The molecule has 5 nitrogen and oxygen atoms in total. The summed E-state index contributed by atoms with van der Waals surface area (Å²) in [5.41, 5.74) is 2.79.